The van der Waals surface area contributed by atoms with Gasteiger partial charge in [0.15, 0.2) is 0 Å². The molecule has 1 N–H and O–H groups in total. The van der Waals surface area contributed by atoms with Crippen molar-refractivity contribution in [2.45, 2.75) is 39.2 Å². The molecule has 0 aliphatic rings. The number of aromatic nitrogens is 2. The smallest absolute Gasteiger partial charge is 0.0492 e. The first-order valence-electron chi connectivity index (χ1n) is 7.58. The minimum atomic E-state index is 0.332. The van der Waals surface area contributed by atoms with Crippen molar-refractivity contribution in [3.8, 4) is 0 Å². The molecule has 2 aromatic rings. The molecule has 0 aliphatic carbocycles. The van der Waals surface area contributed by atoms with E-state index in [4.69, 9.17) is 11.6 Å². The second-order valence-corrected chi connectivity index (χ2v) is 5.93. The first kappa shape index (κ1) is 16.1. The first-order chi connectivity index (χ1) is 10.1. The lowest BCUT2D eigenvalue weighted by Crippen LogP contribution is -2.23. The van der Waals surface area contributed by atoms with Gasteiger partial charge in [-0.3, -0.25) is 4.68 Å². The summed E-state index contributed by atoms with van der Waals surface area (Å²) in [6, 6.07) is 8.56. The quantitative estimate of drug-likeness (QED) is 0.836. The number of benzene rings is 1. The van der Waals surface area contributed by atoms with Crippen molar-refractivity contribution in [2.24, 2.45) is 7.05 Å². The lowest BCUT2D eigenvalue weighted by molar-refractivity contribution is 0.490. The van der Waals surface area contributed by atoms with Crippen LogP contribution in [-0.4, -0.2) is 16.3 Å². The maximum atomic E-state index is 6.18. The normalized spacial score (nSPS) is 12.6. The zero-order chi connectivity index (χ0) is 15.2. The molecule has 0 radical (unpaired) electrons. The Labute approximate surface area is 132 Å². The van der Waals surface area contributed by atoms with Gasteiger partial charge in [-0.15, -0.1) is 0 Å². The molecule has 0 fully saturated rings. The van der Waals surface area contributed by atoms with Gasteiger partial charge in [0.05, 0.1) is 0 Å². The molecule has 4 heteroatoms. The number of nitrogens with one attached hydrogen (secondary N) is 1. The molecule has 1 aromatic carbocycles. The summed E-state index contributed by atoms with van der Waals surface area (Å²) in [5.41, 5.74) is 3.86. The van der Waals surface area contributed by atoms with E-state index in [-0.39, 0.29) is 0 Å². The predicted molar refractivity (Wildman–Crippen MR) is 88.8 cm³/mol. The molecule has 1 heterocycles. The van der Waals surface area contributed by atoms with Crippen molar-refractivity contribution >= 4 is 11.6 Å². The van der Waals surface area contributed by atoms with Crippen LogP contribution in [0.2, 0.25) is 5.02 Å². The first-order valence-corrected chi connectivity index (χ1v) is 7.96. The van der Waals surface area contributed by atoms with Crippen molar-refractivity contribution in [1.82, 2.24) is 15.1 Å². The fourth-order valence-electron chi connectivity index (χ4n) is 2.61. The molecule has 21 heavy (non-hydrogen) atoms. The summed E-state index contributed by atoms with van der Waals surface area (Å²) in [7, 11) is 1.99. The molecule has 0 amide bonds. The molecular weight excluding hydrogens is 282 g/mol. The maximum absolute atomic E-state index is 6.18. The van der Waals surface area contributed by atoms with Crippen LogP contribution < -0.4 is 5.32 Å². The minimum absolute atomic E-state index is 0.332. The Hall–Kier alpha value is -1.32. The zero-order valence-electron chi connectivity index (χ0n) is 13.1. The molecular formula is C17H24ClN3. The van der Waals surface area contributed by atoms with Crippen LogP contribution in [0.25, 0.3) is 0 Å². The standard InChI is InChI=1S/C17H24ClN3/c1-4-10-19-17(8-7-15-9-11-20-21(15)3)16-12-14(18)6-5-13(16)2/h5-6,9,11-12,17,19H,4,7-8,10H2,1-3H3. The highest BCUT2D eigenvalue weighted by atomic mass is 35.5. The Balaban J connectivity index is 2.13. The molecule has 1 atom stereocenters. The topological polar surface area (TPSA) is 29.9 Å². The van der Waals surface area contributed by atoms with Crippen LogP contribution in [0.15, 0.2) is 30.5 Å². The highest BCUT2D eigenvalue weighted by molar-refractivity contribution is 6.30. The Morgan fingerprint density at radius 2 is 2.14 bits per heavy atom. The van der Waals surface area contributed by atoms with Crippen molar-refractivity contribution in [3.05, 3.63) is 52.3 Å². The summed E-state index contributed by atoms with van der Waals surface area (Å²) in [6.45, 7) is 5.36. The Kier molecular flexibility index (Phi) is 5.83. The molecule has 114 valence electrons. The fraction of sp³-hybridized carbons (Fsp3) is 0.471. The highest BCUT2D eigenvalue weighted by Crippen LogP contribution is 2.25. The third-order valence-corrected chi connectivity index (χ3v) is 4.10. The highest BCUT2D eigenvalue weighted by Gasteiger charge is 2.14. The van der Waals surface area contributed by atoms with Crippen molar-refractivity contribution in [2.75, 3.05) is 6.54 Å². The van der Waals surface area contributed by atoms with Gasteiger partial charge in [-0.1, -0.05) is 24.6 Å². The Morgan fingerprint density at radius 1 is 1.33 bits per heavy atom. The van der Waals surface area contributed by atoms with E-state index < -0.39 is 0 Å². The summed E-state index contributed by atoms with van der Waals surface area (Å²) in [5.74, 6) is 0. The van der Waals surface area contributed by atoms with Gasteiger partial charge in [0.25, 0.3) is 0 Å². The number of hydrogen-bond acceptors (Lipinski definition) is 2. The van der Waals surface area contributed by atoms with Crippen LogP contribution in [0.5, 0.6) is 0 Å². The summed E-state index contributed by atoms with van der Waals surface area (Å²) in [4.78, 5) is 0. The van der Waals surface area contributed by atoms with E-state index in [1.54, 1.807) is 0 Å². The van der Waals surface area contributed by atoms with Gasteiger partial charge < -0.3 is 5.32 Å². The number of nitrogens with zero attached hydrogens (tertiary/aromatic N) is 2. The number of hydrogen-bond donors (Lipinski definition) is 1. The van der Waals surface area contributed by atoms with Gasteiger partial charge in [0.2, 0.25) is 0 Å². The van der Waals surface area contributed by atoms with Crippen molar-refractivity contribution < 1.29 is 0 Å². The van der Waals surface area contributed by atoms with Gasteiger partial charge in [-0.05, 0) is 62.1 Å². The molecule has 2 rings (SSSR count). The number of halogens is 1. The minimum Gasteiger partial charge on any atom is -0.310 e. The van der Waals surface area contributed by atoms with E-state index in [9.17, 15) is 0 Å². The maximum Gasteiger partial charge on any atom is 0.0492 e. The van der Waals surface area contributed by atoms with Crippen LogP contribution in [-0.2, 0) is 13.5 Å². The fourth-order valence-corrected chi connectivity index (χ4v) is 2.79. The van der Waals surface area contributed by atoms with Gasteiger partial charge in [0.1, 0.15) is 0 Å². The SMILES string of the molecule is CCCNC(CCc1ccnn1C)c1cc(Cl)ccc1C. The summed E-state index contributed by atoms with van der Waals surface area (Å²) in [6.07, 6.45) is 5.03. The monoisotopic (exact) mass is 305 g/mol. The second-order valence-electron chi connectivity index (χ2n) is 5.49. The van der Waals surface area contributed by atoms with Crippen LogP contribution in [0.4, 0.5) is 0 Å². The molecule has 0 saturated carbocycles. The van der Waals surface area contributed by atoms with E-state index in [2.05, 4.69) is 42.5 Å². The second kappa shape index (κ2) is 7.62. The average Bonchev–Trinajstić information content (AvgIpc) is 2.87. The van der Waals surface area contributed by atoms with Crippen LogP contribution >= 0.6 is 11.6 Å². The molecule has 0 spiro atoms. The lowest BCUT2D eigenvalue weighted by Gasteiger charge is -2.21. The average molecular weight is 306 g/mol. The van der Waals surface area contributed by atoms with Gasteiger partial charge >= 0.3 is 0 Å². The van der Waals surface area contributed by atoms with Crippen LogP contribution in [0, 0.1) is 6.92 Å². The predicted octanol–water partition coefficient (Wildman–Crippen LogP) is 4.06. The van der Waals surface area contributed by atoms with E-state index in [0.29, 0.717) is 6.04 Å². The van der Waals surface area contributed by atoms with E-state index >= 15 is 0 Å². The van der Waals surface area contributed by atoms with Gasteiger partial charge in [0, 0.05) is 30.0 Å². The number of aryl methyl sites for hydroxylation is 3. The van der Waals surface area contributed by atoms with E-state index in [1.807, 2.05) is 24.0 Å². The molecule has 1 unspecified atom stereocenters. The largest absolute Gasteiger partial charge is 0.310 e. The third-order valence-electron chi connectivity index (χ3n) is 3.87. The van der Waals surface area contributed by atoms with Gasteiger partial charge in [-0.2, -0.15) is 5.10 Å². The van der Waals surface area contributed by atoms with Crippen LogP contribution in [0.3, 0.4) is 0 Å². The van der Waals surface area contributed by atoms with Crippen molar-refractivity contribution in [1.29, 1.82) is 0 Å². The van der Waals surface area contributed by atoms with Crippen LogP contribution in [0.1, 0.15) is 42.6 Å². The van der Waals surface area contributed by atoms with Gasteiger partial charge in [-0.25, -0.2) is 0 Å². The zero-order valence-corrected chi connectivity index (χ0v) is 13.8. The Bertz CT molecular complexity index is 577. The molecule has 0 bridgehead atoms. The summed E-state index contributed by atoms with van der Waals surface area (Å²) < 4.78 is 1.95. The van der Waals surface area contributed by atoms with E-state index in [1.165, 1.54) is 16.8 Å². The van der Waals surface area contributed by atoms with E-state index in [0.717, 1.165) is 30.8 Å². The molecule has 0 saturated heterocycles. The number of rotatable bonds is 7. The summed E-state index contributed by atoms with van der Waals surface area (Å²) in [5, 5.41) is 8.69. The lowest BCUT2D eigenvalue weighted by atomic mass is 9.96. The molecule has 3 nitrogen and oxygen atoms in total. The third kappa shape index (κ3) is 4.32. The Morgan fingerprint density at radius 3 is 2.81 bits per heavy atom. The molecule has 0 aliphatic heterocycles. The molecule has 1 aromatic heterocycles. The van der Waals surface area contributed by atoms with Crippen molar-refractivity contribution in [3.63, 3.8) is 0 Å². The summed E-state index contributed by atoms with van der Waals surface area (Å²) >= 11 is 6.18.